The molecule has 3 atom stereocenters. The van der Waals surface area contributed by atoms with Gasteiger partial charge in [-0.05, 0) is 37.5 Å². The van der Waals surface area contributed by atoms with Crippen LogP contribution in [0.1, 0.15) is 33.6 Å². The minimum absolute atomic E-state index is 0.313. The van der Waals surface area contributed by atoms with Gasteiger partial charge in [0.05, 0.1) is 0 Å². The van der Waals surface area contributed by atoms with Gasteiger partial charge in [0, 0.05) is 5.66 Å². The maximum atomic E-state index is 2.51. The van der Waals surface area contributed by atoms with Gasteiger partial charge in [0.25, 0.3) is 0 Å². The monoisotopic (exact) mass is 182 g/mol. The van der Waals surface area contributed by atoms with E-state index in [1.165, 1.54) is 12.8 Å². The molecule has 0 aromatic carbocycles. The fourth-order valence-electron chi connectivity index (χ4n) is 2.86. The van der Waals surface area contributed by atoms with E-state index in [2.05, 4.69) is 33.5 Å². The van der Waals surface area contributed by atoms with Crippen LogP contribution in [-0.4, -0.2) is 17.5 Å². The average molecular weight is 182 g/mol. The molecular formula is C11H19P. The third-order valence-electron chi connectivity index (χ3n) is 4.09. The van der Waals surface area contributed by atoms with Crippen LogP contribution in [0.4, 0.5) is 0 Å². The second kappa shape index (κ2) is 2.58. The molecule has 1 aliphatic carbocycles. The Morgan fingerprint density at radius 1 is 1.58 bits per heavy atom. The van der Waals surface area contributed by atoms with Crippen molar-refractivity contribution in [1.29, 1.82) is 0 Å². The highest BCUT2D eigenvalue weighted by Crippen LogP contribution is 2.73. The first-order valence-electron chi connectivity index (χ1n) is 4.97. The molecule has 0 amide bonds. The molecule has 0 spiro atoms. The summed E-state index contributed by atoms with van der Waals surface area (Å²) in [6, 6.07) is 0. The maximum Gasteiger partial charge on any atom is 0.000939 e. The molecule has 2 heterocycles. The van der Waals surface area contributed by atoms with Crippen molar-refractivity contribution in [1.82, 2.24) is 0 Å². The molecule has 3 aliphatic rings. The Hall–Kier alpha value is 0.170. The van der Waals surface area contributed by atoms with Crippen LogP contribution in [0.5, 0.6) is 0 Å². The van der Waals surface area contributed by atoms with Crippen molar-refractivity contribution in [3.05, 3.63) is 11.6 Å². The van der Waals surface area contributed by atoms with Gasteiger partial charge in [-0.2, -0.15) is 0 Å². The van der Waals surface area contributed by atoms with E-state index in [1.807, 2.05) is 0 Å². The highest BCUT2D eigenvalue weighted by atomic mass is 31.1. The van der Waals surface area contributed by atoms with Gasteiger partial charge in [0.1, 0.15) is 0 Å². The van der Waals surface area contributed by atoms with E-state index in [1.54, 1.807) is 5.57 Å². The van der Waals surface area contributed by atoms with Crippen LogP contribution in [0, 0.1) is 5.92 Å². The first-order chi connectivity index (χ1) is 5.58. The van der Waals surface area contributed by atoms with Crippen LogP contribution in [0.15, 0.2) is 11.6 Å². The summed E-state index contributed by atoms with van der Waals surface area (Å²) in [6.07, 6.45) is 5.36. The minimum Gasteiger partial charge on any atom is -0.0956 e. The van der Waals surface area contributed by atoms with Crippen LogP contribution in [0.2, 0.25) is 0 Å². The largest absolute Gasteiger partial charge is 0.0956 e. The van der Waals surface area contributed by atoms with E-state index in [0.29, 0.717) is 7.92 Å². The fraction of sp³-hybridized carbons (Fsp3) is 0.818. The summed E-state index contributed by atoms with van der Waals surface area (Å²) in [6.45, 7) is 9.65. The summed E-state index contributed by atoms with van der Waals surface area (Å²) in [7, 11) is 0.313. The fourth-order valence-corrected chi connectivity index (χ4v) is 6.14. The first kappa shape index (κ1) is 8.75. The van der Waals surface area contributed by atoms with Gasteiger partial charge >= 0.3 is 0 Å². The summed E-state index contributed by atoms with van der Waals surface area (Å²) < 4.78 is 0. The van der Waals surface area contributed by atoms with Crippen molar-refractivity contribution >= 4 is 7.92 Å². The molecule has 2 bridgehead atoms. The second-order valence-corrected chi connectivity index (χ2v) is 7.48. The molecule has 1 fully saturated rings. The van der Waals surface area contributed by atoms with Gasteiger partial charge in [-0.15, -0.1) is 0 Å². The molecule has 0 radical (unpaired) electrons. The number of fused-ring (bicyclic) bond motifs is 1. The molecule has 0 aromatic heterocycles. The molecule has 68 valence electrons. The van der Waals surface area contributed by atoms with Crippen molar-refractivity contribution in [3.63, 3.8) is 0 Å². The Kier molecular flexibility index (Phi) is 1.88. The van der Waals surface area contributed by atoms with Crippen LogP contribution >= 0.6 is 7.92 Å². The van der Waals surface area contributed by atoms with E-state index in [0.717, 1.165) is 16.7 Å². The van der Waals surface area contributed by atoms with Crippen molar-refractivity contribution in [2.45, 2.75) is 44.4 Å². The predicted molar refractivity (Wildman–Crippen MR) is 57.2 cm³/mol. The summed E-state index contributed by atoms with van der Waals surface area (Å²) in [5.74, 6) is 0.897. The Labute approximate surface area is 77.2 Å². The van der Waals surface area contributed by atoms with E-state index >= 15 is 0 Å². The van der Waals surface area contributed by atoms with Crippen LogP contribution in [0.25, 0.3) is 0 Å². The van der Waals surface area contributed by atoms with Gasteiger partial charge in [-0.3, -0.25) is 0 Å². The third-order valence-corrected chi connectivity index (χ3v) is 7.91. The Morgan fingerprint density at radius 3 is 2.67 bits per heavy atom. The molecule has 12 heavy (non-hydrogen) atoms. The number of rotatable bonds is 1. The minimum atomic E-state index is 0.313. The van der Waals surface area contributed by atoms with Gasteiger partial charge in [0.2, 0.25) is 0 Å². The summed E-state index contributed by atoms with van der Waals surface area (Å²) in [4.78, 5) is 0. The highest BCUT2D eigenvalue weighted by Gasteiger charge is 2.54. The van der Waals surface area contributed by atoms with Crippen LogP contribution in [0.3, 0.4) is 0 Å². The molecule has 1 heteroatoms. The maximum absolute atomic E-state index is 2.51. The SMILES string of the molecule is CC1=CC[C@@]2(C(C)C)C[C@@H]1[P@@]2C. The standard InChI is InChI=1S/C11H19P/c1-8(2)11-6-5-9(3)10(7-11)12(11)4/h5,8,10H,6-7H2,1-4H3/t10-,11-,12+/m0/s1. The quantitative estimate of drug-likeness (QED) is 0.429. The number of hydrogen-bond donors (Lipinski definition) is 0. The van der Waals surface area contributed by atoms with E-state index < -0.39 is 0 Å². The van der Waals surface area contributed by atoms with Gasteiger partial charge in [-0.25, -0.2) is 0 Å². The first-order valence-corrected chi connectivity index (χ1v) is 6.83. The molecule has 0 aromatic rings. The van der Waals surface area contributed by atoms with Gasteiger partial charge in [0.15, 0.2) is 0 Å². The van der Waals surface area contributed by atoms with Crippen molar-refractivity contribution in [3.8, 4) is 0 Å². The second-order valence-electron chi connectivity index (χ2n) is 4.74. The van der Waals surface area contributed by atoms with Crippen molar-refractivity contribution in [2.75, 3.05) is 6.66 Å². The molecule has 0 saturated carbocycles. The number of hydrogen-bond acceptors (Lipinski definition) is 0. The molecule has 3 rings (SSSR count). The Morgan fingerprint density at radius 2 is 2.25 bits per heavy atom. The lowest BCUT2D eigenvalue weighted by Crippen LogP contribution is -2.50. The van der Waals surface area contributed by atoms with E-state index in [4.69, 9.17) is 0 Å². The predicted octanol–water partition coefficient (Wildman–Crippen LogP) is 3.62. The summed E-state index contributed by atoms with van der Waals surface area (Å²) >= 11 is 0. The molecule has 0 nitrogen and oxygen atoms in total. The van der Waals surface area contributed by atoms with E-state index in [-0.39, 0.29) is 0 Å². The smallest absolute Gasteiger partial charge is 0.000939 e. The van der Waals surface area contributed by atoms with E-state index in [9.17, 15) is 0 Å². The molecule has 2 aliphatic heterocycles. The zero-order valence-electron chi connectivity index (χ0n) is 8.59. The summed E-state index contributed by atoms with van der Waals surface area (Å²) in [5, 5.41) is 0.750. The van der Waals surface area contributed by atoms with Crippen LogP contribution < -0.4 is 0 Å². The topological polar surface area (TPSA) is 0 Å². The lowest BCUT2D eigenvalue weighted by atomic mass is 9.80. The summed E-state index contributed by atoms with van der Waals surface area (Å²) in [5.41, 5.74) is 2.68. The highest BCUT2D eigenvalue weighted by molar-refractivity contribution is 7.61. The molecular weight excluding hydrogens is 163 g/mol. The lowest BCUT2D eigenvalue weighted by Gasteiger charge is -2.60. The zero-order valence-corrected chi connectivity index (χ0v) is 9.49. The van der Waals surface area contributed by atoms with Gasteiger partial charge < -0.3 is 0 Å². The number of allylic oxidation sites excluding steroid dienone is 2. The average Bonchev–Trinajstić information content (AvgIpc) is 2.02. The third kappa shape index (κ3) is 0.880. The normalized spacial score (nSPS) is 45.6. The zero-order chi connectivity index (χ0) is 8.93. The molecule has 1 saturated heterocycles. The molecule has 0 N–H and O–H groups in total. The van der Waals surface area contributed by atoms with Gasteiger partial charge in [-0.1, -0.05) is 33.4 Å². The Bertz CT molecular complexity index is 229. The van der Waals surface area contributed by atoms with Crippen molar-refractivity contribution < 1.29 is 0 Å². The lowest BCUT2D eigenvalue weighted by molar-refractivity contribution is 0.352. The van der Waals surface area contributed by atoms with Crippen LogP contribution in [-0.2, 0) is 0 Å². The molecule has 0 unspecified atom stereocenters. The van der Waals surface area contributed by atoms with Crippen molar-refractivity contribution in [2.24, 2.45) is 5.92 Å². The Balaban J connectivity index is 2.26.